The summed E-state index contributed by atoms with van der Waals surface area (Å²) < 4.78 is 25.9. The number of methoxy groups -OCH3 is 1. The average Bonchev–Trinajstić information content (AvgIpc) is 3.31. The van der Waals surface area contributed by atoms with Crippen molar-refractivity contribution in [3.05, 3.63) is 77.9 Å². The molecule has 242 valence electrons. The maximum atomic E-state index is 14.1. The highest BCUT2D eigenvalue weighted by molar-refractivity contribution is 6.06. The van der Waals surface area contributed by atoms with Gasteiger partial charge in [-0.1, -0.05) is 48.5 Å². The van der Waals surface area contributed by atoms with E-state index >= 15 is 0 Å². The predicted octanol–water partition coefficient (Wildman–Crippen LogP) is 5.69. The number of aromatic nitrogens is 1. The van der Waals surface area contributed by atoms with Crippen LogP contribution in [-0.2, 0) is 19.1 Å². The number of hydrogen-bond acceptors (Lipinski definition) is 7. The second-order valence-corrected chi connectivity index (χ2v) is 12.0. The van der Waals surface area contributed by atoms with Crippen molar-refractivity contribution in [2.75, 3.05) is 13.7 Å². The van der Waals surface area contributed by atoms with Crippen molar-refractivity contribution in [1.82, 2.24) is 9.88 Å². The second-order valence-electron chi connectivity index (χ2n) is 12.0. The van der Waals surface area contributed by atoms with Crippen molar-refractivity contribution in [3.8, 4) is 22.3 Å². The number of hydrogen-bond donors (Lipinski definition) is 3. The van der Waals surface area contributed by atoms with E-state index in [1.807, 2.05) is 48.7 Å². The highest BCUT2D eigenvalue weighted by Crippen LogP contribution is 2.42. The van der Waals surface area contributed by atoms with Crippen LogP contribution in [0.25, 0.3) is 28.3 Å². The molecule has 3 rings (SSSR count). The van der Waals surface area contributed by atoms with E-state index in [1.54, 1.807) is 39.0 Å². The second kappa shape index (κ2) is 15.6. The molecule has 1 amide bonds. The molecule has 0 saturated heterocycles. The van der Waals surface area contributed by atoms with E-state index in [0.29, 0.717) is 28.1 Å². The number of carbonyl (C=O) groups is 3. The molecule has 0 bridgehead atoms. The zero-order valence-electron chi connectivity index (χ0n) is 26.7. The third-order valence-corrected chi connectivity index (χ3v) is 6.82. The summed E-state index contributed by atoms with van der Waals surface area (Å²) in [6.07, 6.45) is 0.479. The maximum absolute atomic E-state index is 14.1. The van der Waals surface area contributed by atoms with Gasteiger partial charge in [0.15, 0.2) is 0 Å². The van der Waals surface area contributed by atoms with Crippen molar-refractivity contribution in [2.24, 2.45) is 0 Å². The standard InChI is InChI=1S/C35H43FN2O7/c1-22(2)38-28(17-16-26(39)20-27(40)21-30(42)44-6)31(24-12-14-25(36)15-13-24)32(23-10-8-7-9-11-23)33(38)34(43)37-19-18-29(41)45-35(3,4)5/h7-17,22,26-27,39-40H,18-21H2,1-6H3,(H,37,43)/b17-16+/t26-,27-/m1/s1. The van der Waals surface area contributed by atoms with Gasteiger partial charge in [-0.15, -0.1) is 0 Å². The number of aliphatic hydroxyl groups excluding tert-OH is 2. The van der Waals surface area contributed by atoms with E-state index in [1.165, 1.54) is 25.3 Å². The Bertz CT molecular complexity index is 1490. The molecule has 10 heteroatoms. The van der Waals surface area contributed by atoms with Crippen LogP contribution in [0, 0.1) is 5.82 Å². The van der Waals surface area contributed by atoms with Crippen molar-refractivity contribution < 1.29 is 38.5 Å². The van der Waals surface area contributed by atoms with Gasteiger partial charge in [-0.05, 0) is 64.0 Å². The number of rotatable bonds is 13. The highest BCUT2D eigenvalue weighted by Gasteiger charge is 2.29. The average molecular weight is 623 g/mol. The lowest BCUT2D eigenvalue weighted by molar-refractivity contribution is -0.154. The van der Waals surface area contributed by atoms with Gasteiger partial charge in [0.1, 0.15) is 17.1 Å². The zero-order chi connectivity index (χ0) is 33.3. The topological polar surface area (TPSA) is 127 Å². The van der Waals surface area contributed by atoms with Gasteiger partial charge in [-0.25, -0.2) is 4.39 Å². The van der Waals surface area contributed by atoms with Gasteiger partial charge in [0.05, 0.1) is 32.2 Å². The van der Waals surface area contributed by atoms with E-state index in [2.05, 4.69) is 10.1 Å². The summed E-state index contributed by atoms with van der Waals surface area (Å²) >= 11 is 0. The largest absolute Gasteiger partial charge is 0.469 e. The van der Waals surface area contributed by atoms with E-state index in [0.717, 1.165) is 5.56 Å². The number of aliphatic hydroxyl groups is 2. The minimum absolute atomic E-state index is 0.0241. The number of benzene rings is 2. The van der Waals surface area contributed by atoms with Crippen LogP contribution in [0.1, 0.15) is 76.1 Å². The molecule has 1 heterocycles. The fourth-order valence-electron chi connectivity index (χ4n) is 5.00. The lowest BCUT2D eigenvalue weighted by Crippen LogP contribution is -2.31. The summed E-state index contributed by atoms with van der Waals surface area (Å²) in [6, 6.07) is 15.0. The molecule has 0 spiro atoms. The summed E-state index contributed by atoms with van der Waals surface area (Å²) in [7, 11) is 1.22. The molecule has 0 aliphatic rings. The Labute approximate surface area is 263 Å². The first-order valence-electron chi connectivity index (χ1n) is 14.9. The summed E-state index contributed by atoms with van der Waals surface area (Å²) in [4.78, 5) is 37.9. The fraction of sp³-hybridized carbons (Fsp3) is 0.400. The molecule has 1 aromatic heterocycles. The van der Waals surface area contributed by atoms with Gasteiger partial charge in [0.2, 0.25) is 0 Å². The lowest BCUT2D eigenvalue weighted by Gasteiger charge is -2.20. The maximum Gasteiger partial charge on any atom is 0.308 e. The normalized spacial score (nSPS) is 13.1. The van der Waals surface area contributed by atoms with Crippen molar-refractivity contribution in [2.45, 2.75) is 77.7 Å². The summed E-state index contributed by atoms with van der Waals surface area (Å²) in [5.74, 6) is -1.89. The van der Waals surface area contributed by atoms with Crippen LogP contribution >= 0.6 is 0 Å². The third-order valence-electron chi connectivity index (χ3n) is 6.82. The molecule has 9 nitrogen and oxygen atoms in total. The molecule has 0 fully saturated rings. The number of esters is 2. The molecule has 0 saturated carbocycles. The predicted molar refractivity (Wildman–Crippen MR) is 171 cm³/mol. The van der Waals surface area contributed by atoms with Crippen LogP contribution in [0.15, 0.2) is 60.7 Å². The van der Waals surface area contributed by atoms with Gasteiger partial charge >= 0.3 is 11.9 Å². The molecule has 0 radical (unpaired) electrons. The fourth-order valence-corrected chi connectivity index (χ4v) is 5.00. The van der Waals surface area contributed by atoms with Crippen LogP contribution in [0.4, 0.5) is 4.39 Å². The Kier molecular flexibility index (Phi) is 12.2. The van der Waals surface area contributed by atoms with Crippen LogP contribution < -0.4 is 5.32 Å². The minimum atomic E-state index is -1.13. The van der Waals surface area contributed by atoms with Crippen molar-refractivity contribution in [3.63, 3.8) is 0 Å². The van der Waals surface area contributed by atoms with E-state index in [9.17, 15) is 29.0 Å². The monoisotopic (exact) mass is 622 g/mol. The van der Waals surface area contributed by atoms with Crippen LogP contribution in [0.5, 0.6) is 0 Å². The summed E-state index contributed by atoms with van der Waals surface area (Å²) in [5, 5.41) is 23.9. The van der Waals surface area contributed by atoms with Gasteiger partial charge < -0.3 is 29.6 Å². The zero-order valence-corrected chi connectivity index (χ0v) is 26.7. The SMILES string of the molecule is COC(=O)C[C@H](O)C[C@H](O)/C=C/c1c(-c2ccc(F)cc2)c(-c2ccccc2)c(C(=O)NCCC(=O)OC(C)(C)C)n1C(C)C. The highest BCUT2D eigenvalue weighted by atomic mass is 19.1. The quantitative estimate of drug-likeness (QED) is 0.209. The Balaban J connectivity index is 2.16. The Morgan fingerprint density at radius 3 is 2.16 bits per heavy atom. The molecule has 0 unspecified atom stereocenters. The molecule has 3 N–H and O–H groups in total. The molecular formula is C35H43FN2O7. The van der Waals surface area contributed by atoms with Crippen LogP contribution in [0.2, 0.25) is 0 Å². The summed E-state index contributed by atoms with van der Waals surface area (Å²) in [5.41, 5.74) is 2.82. The Morgan fingerprint density at radius 2 is 1.58 bits per heavy atom. The molecule has 2 aromatic carbocycles. The van der Waals surface area contributed by atoms with Gasteiger partial charge in [-0.3, -0.25) is 14.4 Å². The molecule has 2 atom stereocenters. The molecular weight excluding hydrogens is 579 g/mol. The smallest absolute Gasteiger partial charge is 0.308 e. The number of amides is 1. The number of nitrogens with zero attached hydrogens (tertiary/aromatic N) is 1. The summed E-state index contributed by atoms with van der Waals surface area (Å²) in [6.45, 7) is 9.18. The van der Waals surface area contributed by atoms with Gasteiger partial charge in [0.25, 0.3) is 5.91 Å². The van der Waals surface area contributed by atoms with Gasteiger partial charge in [-0.2, -0.15) is 0 Å². The Morgan fingerprint density at radius 1 is 0.956 bits per heavy atom. The first kappa shape index (κ1) is 35.2. The van der Waals surface area contributed by atoms with Crippen molar-refractivity contribution >= 4 is 23.9 Å². The first-order chi connectivity index (χ1) is 21.2. The minimum Gasteiger partial charge on any atom is -0.469 e. The van der Waals surface area contributed by atoms with Crippen LogP contribution in [-0.4, -0.2) is 64.1 Å². The van der Waals surface area contributed by atoms with Crippen LogP contribution in [0.3, 0.4) is 0 Å². The number of carbonyl (C=O) groups excluding carboxylic acids is 3. The van der Waals surface area contributed by atoms with E-state index in [-0.39, 0.29) is 31.8 Å². The lowest BCUT2D eigenvalue weighted by atomic mass is 9.94. The number of halogens is 1. The van der Waals surface area contributed by atoms with Gasteiger partial charge in [0, 0.05) is 35.8 Å². The Hall–Kier alpha value is -4.28. The number of nitrogens with one attached hydrogen (secondary N) is 1. The number of ether oxygens (including phenoxy) is 2. The molecule has 0 aliphatic heterocycles. The third kappa shape index (κ3) is 9.86. The molecule has 45 heavy (non-hydrogen) atoms. The van der Waals surface area contributed by atoms with E-state index in [4.69, 9.17) is 4.74 Å². The van der Waals surface area contributed by atoms with Crippen molar-refractivity contribution in [1.29, 1.82) is 0 Å². The molecule has 0 aliphatic carbocycles. The molecule has 3 aromatic rings. The van der Waals surface area contributed by atoms with E-state index < -0.39 is 41.5 Å². The first-order valence-corrected chi connectivity index (χ1v) is 14.9.